The van der Waals surface area contributed by atoms with Gasteiger partial charge in [-0.1, -0.05) is 113 Å². The molecule has 162 valence electrons. The van der Waals surface area contributed by atoms with Crippen molar-refractivity contribution in [3.05, 3.63) is 81.9 Å². The van der Waals surface area contributed by atoms with Gasteiger partial charge in [0.1, 0.15) is 0 Å². The van der Waals surface area contributed by atoms with Crippen LogP contribution in [0.3, 0.4) is 0 Å². The van der Waals surface area contributed by atoms with Crippen molar-refractivity contribution in [1.29, 1.82) is 0 Å². The number of rotatable bonds is 15. The fraction of sp³-hybridized carbons (Fsp3) is 0.462. The monoisotopic (exact) mass is 425 g/mol. The van der Waals surface area contributed by atoms with Gasteiger partial charge in [-0.25, -0.2) is 0 Å². The molecule has 0 bridgehead atoms. The second-order valence-electron chi connectivity index (χ2n) is 7.70. The smallest absolute Gasteiger partial charge is 0.258 e. The molecule has 0 N–H and O–H groups in total. The third kappa shape index (κ3) is 8.74. The summed E-state index contributed by atoms with van der Waals surface area (Å²) in [4.78, 5) is 12.5. The molecule has 2 rings (SSSR count). The molecule has 0 amide bonds. The Balaban J connectivity index is 1.91. The molecule has 0 atom stereocenters. The average Bonchev–Trinajstić information content (AvgIpc) is 2.77. The van der Waals surface area contributed by atoms with Gasteiger partial charge in [0, 0.05) is 0 Å². The molecular weight excluding hydrogens is 390 g/mol. The van der Waals surface area contributed by atoms with Crippen molar-refractivity contribution in [2.45, 2.75) is 71.1 Å². The second kappa shape index (κ2) is 14.8. The van der Waals surface area contributed by atoms with E-state index in [2.05, 4.69) is 6.92 Å². The van der Waals surface area contributed by atoms with Crippen LogP contribution in [-0.4, -0.2) is 10.7 Å². The lowest BCUT2D eigenvalue weighted by Crippen LogP contribution is -2.01. The van der Waals surface area contributed by atoms with Crippen molar-refractivity contribution >= 4 is 22.4 Å². The predicted octanol–water partition coefficient (Wildman–Crippen LogP) is 8.44. The number of thioether (sulfide) groups is 1. The summed E-state index contributed by atoms with van der Waals surface area (Å²) in [6, 6.07) is 19.0. The molecule has 0 saturated heterocycles. The first kappa shape index (κ1) is 24.2. The summed E-state index contributed by atoms with van der Waals surface area (Å²) < 4.78 is 0. The standard InChI is InChI=1S/C26H35NO2S/c1-2-3-4-5-6-7-8-9-10-17-22-30-26(24-20-15-12-16-21-24)25(27(28)29)23-18-13-11-14-19-23/h11-16,18-21H,2-10,17,22H2,1H3. The van der Waals surface area contributed by atoms with Gasteiger partial charge in [-0.15, -0.1) is 11.8 Å². The highest BCUT2D eigenvalue weighted by atomic mass is 32.2. The van der Waals surface area contributed by atoms with Crippen LogP contribution in [0.2, 0.25) is 0 Å². The highest BCUT2D eigenvalue weighted by Gasteiger charge is 2.22. The lowest BCUT2D eigenvalue weighted by Gasteiger charge is -2.10. The van der Waals surface area contributed by atoms with Gasteiger partial charge >= 0.3 is 0 Å². The molecule has 0 aromatic heterocycles. The van der Waals surface area contributed by atoms with Gasteiger partial charge < -0.3 is 0 Å². The number of nitro groups is 1. The lowest BCUT2D eigenvalue weighted by molar-refractivity contribution is -0.374. The molecule has 2 aromatic rings. The molecule has 0 spiro atoms. The first-order valence-corrected chi connectivity index (χ1v) is 12.3. The fourth-order valence-corrected chi connectivity index (χ4v) is 4.74. The summed E-state index contributed by atoms with van der Waals surface area (Å²) in [5.74, 6) is 0.908. The van der Waals surface area contributed by atoms with E-state index in [9.17, 15) is 10.1 Å². The minimum absolute atomic E-state index is 0.207. The molecule has 0 saturated carbocycles. The van der Waals surface area contributed by atoms with Crippen molar-refractivity contribution in [2.75, 3.05) is 5.75 Å². The van der Waals surface area contributed by atoms with E-state index in [1.165, 1.54) is 57.8 Å². The fourth-order valence-electron chi connectivity index (χ4n) is 3.56. The maximum Gasteiger partial charge on any atom is 0.290 e. The van der Waals surface area contributed by atoms with Crippen LogP contribution < -0.4 is 0 Å². The number of hydrogen-bond donors (Lipinski definition) is 0. The van der Waals surface area contributed by atoms with E-state index < -0.39 is 0 Å². The summed E-state index contributed by atoms with van der Waals surface area (Å²) in [5.41, 5.74) is 1.79. The molecule has 3 nitrogen and oxygen atoms in total. The second-order valence-corrected chi connectivity index (χ2v) is 8.80. The molecule has 0 aliphatic rings. The van der Waals surface area contributed by atoms with E-state index >= 15 is 0 Å². The number of hydrogen-bond acceptors (Lipinski definition) is 3. The molecule has 0 unspecified atom stereocenters. The minimum atomic E-state index is -0.233. The van der Waals surface area contributed by atoms with Gasteiger partial charge in [0.15, 0.2) is 0 Å². The van der Waals surface area contributed by atoms with Crippen LogP contribution in [0, 0.1) is 10.1 Å². The molecule has 0 radical (unpaired) electrons. The minimum Gasteiger partial charge on any atom is -0.258 e. The largest absolute Gasteiger partial charge is 0.290 e. The van der Waals surface area contributed by atoms with Crippen LogP contribution in [0.1, 0.15) is 82.3 Å². The number of unbranched alkanes of at least 4 members (excludes halogenated alkanes) is 9. The Morgan fingerprint density at radius 2 is 1.20 bits per heavy atom. The quantitative estimate of drug-likeness (QED) is 0.124. The molecule has 4 heteroatoms. The SMILES string of the molecule is CCCCCCCCCCCCSC(=C(c1ccccc1)[N+](=O)[O-])c1ccccc1. The Morgan fingerprint density at radius 1 is 0.733 bits per heavy atom. The van der Waals surface area contributed by atoms with Crippen LogP contribution in [0.4, 0.5) is 0 Å². The van der Waals surface area contributed by atoms with Crippen LogP contribution in [0.5, 0.6) is 0 Å². The zero-order valence-corrected chi connectivity index (χ0v) is 19.0. The lowest BCUT2D eigenvalue weighted by atomic mass is 10.1. The number of benzene rings is 2. The van der Waals surface area contributed by atoms with E-state index in [-0.39, 0.29) is 10.6 Å². The predicted molar refractivity (Wildman–Crippen MR) is 131 cm³/mol. The van der Waals surface area contributed by atoms with E-state index in [1.807, 2.05) is 60.7 Å². The molecule has 0 aliphatic carbocycles. The zero-order valence-electron chi connectivity index (χ0n) is 18.2. The van der Waals surface area contributed by atoms with Crippen LogP contribution in [0.15, 0.2) is 60.7 Å². The van der Waals surface area contributed by atoms with Crippen LogP contribution in [0.25, 0.3) is 10.6 Å². The summed E-state index contributed by atoms with van der Waals surface area (Å²) in [5, 5.41) is 12.0. The highest BCUT2D eigenvalue weighted by Crippen LogP contribution is 2.36. The van der Waals surface area contributed by atoms with E-state index in [4.69, 9.17) is 0 Å². The third-order valence-electron chi connectivity index (χ3n) is 5.23. The zero-order chi connectivity index (χ0) is 21.4. The topological polar surface area (TPSA) is 43.1 Å². The van der Waals surface area contributed by atoms with Gasteiger partial charge in [-0.3, -0.25) is 10.1 Å². The Labute approximate surface area is 186 Å². The molecular formula is C26H35NO2S. The first-order chi connectivity index (χ1) is 14.7. The van der Waals surface area contributed by atoms with Gasteiger partial charge in [-0.05, 0) is 29.9 Å². The molecule has 30 heavy (non-hydrogen) atoms. The van der Waals surface area contributed by atoms with Gasteiger partial charge in [-0.2, -0.15) is 0 Å². The Bertz CT molecular complexity index is 759. The average molecular weight is 426 g/mol. The summed E-state index contributed by atoms with van der Waals surface area (Å²) in [6.07, 6.45) is 13.0. The van der Waals surface area contributed by atoms with Crippen LogP contribution >= 0.6 is 11.8 Å². The number of nitrogens with zero attached hydrogens (tertiary/aromatic N) is 1. The van der Waals surface area contributed by atoms with Crippen molar-refractivity contribution in [1.82, 2.24) is 0 Å². The highest BCUT2D eigenvalue weighted by molar-refractivity contribution is 8.08. The van der Waals surface area contributed by atoms with E-state index in [0.717, 1.165) is 22.6 Å². The van der Waals surface area contributed by atoms with Gasteiger partial charge in [0.05, 0.1) is 15.4 Å². The molecule has 2 aromatic carbocycles. The van der Waals surface area contributed by atoms with Crippen molar-refractivity contribution in [2.24, 2.45) is 0 Å². The van der Waals surface area contributed by atoms with Crippen molar-refractivity contribution < 1.29 is 4.92 Å². The van der Waals surface area contributed by atoms with Crippen molar-refractivity contribution in [3.8, 4) is 0 Å². The molecule has 0 heterocycles. The van der Waals surface area contributed by atoms with E-state index in [1.54, 1.807) is 11.8 Å². The van der Waals surface area contributed by atoms with Crippen LogP contribution in [-0.2, 0) is 0 Å². The maximum atomic E-state index is 12.0. The molecule has 0 fully saturated rings. The van der Waals surface area contributed by atoms with Gasteiger partial charge in [0.25, 0.3) is 5.70 Å². The van der Waals surface area contributed by atoms with Gasteiger partial charge in [0.2, 0.25) is 0 Å². The first-order valence-electron chi connectivity index (χ1n) is 11.4. The summed E-state index contributed by atoms with van der Waals surface area (Å²) >= 11 is 1.62. The normalized spacial score (nSPS) is 11.9. The van der Waals surface area contributed by atoms with E-state index in [0.29, 0.717) is 5.56 Å². The Kier molecular flexibility index (Phi) is 12.0. The maximum absolute atomic E-state index is 12.0. The molecule has 0 aliphatic heterocycles. The van der Waals surface area contributed by atoms with Crippen molar-refractivity contribution in [3.63, 3.8) is 0 Å². The Hall–Kier alpha value is -2.07. The summed E-state index contributed by atoms with van der Waals surface area (Å²) in [7, 11) is 0. The summed E-state index contributed by atoms with van der Waals surface area (Å²) in [6.45, 7) is 2.25. The Morgan fingerprint density at radius 3 is 1.70 bits per heavy atom. The third-order valence-corrected chi connectivity index (χ3v) is 6.44.